The van der Waals surface area contributed by atoms with Crippen LogP contribution in [0.4, 0.5) is 0 Å². The third-order valence-electron chi connectivity index (χ3n) is 6.22. The van der Waals surface area contributed by atoms with Crippen LogP contribution in [-0.4, -0.2) is 72.3 Å². The van der Waals surface area contributed by atoms with Crippen LogP contribution in [-0.2, 0) is 17.8 Å². The Bertz CT molecular complexity index is 938. The van der Waals surface area contributed by atoms with Gasteiger partial charge in [0.25, 0.3) is 11.5 Å². The maximum atomic E-state index is 13.0. The van der Waals surface area contributed by atoms with Gasteiger partial charge in [0.2, 0.25) is 0 Å². The Balaban J connectivity index is 1.36. The predicted molar refractivity (Wildman–Crippen MR) is 120 cm³/mol. The van der Waals surface area contributed by atoms with Crippen LogP contribution in [0.2, 0.25) is 0 Å². The first-order valence-electron chi connectivity index (χ1n) is 11.2. The van der Waals surface area contributed by atoms with E-state index in [0.717, 1.165) is 64.5 Å². The molecular formula is C24H32N4O3. The number of ether oxygens (including phenoxy) is 1. The summed E-state index contributed by atoms with van der Waals surface area (Å²) in [7, 11) is 0. The van der Waals surface area contributed by atoms with Crippen LogP contribution >= 0.6 is 0 Å². The van der Waals surface area contributed by atoms with Crippen molar-refractivity contribution in [2.75, 3.05) is 45.9 Å². The van der Waals surface area contributed by atoms with E-state index in [1.54, 1.807) is 10.8 Å². The molecule has 1 aromatic carbocycles. The molecule has 0 aliphatic carbocycles. The molecule has 31 heavy (non-hydrogen) atoms. The lowest BCUT2D eigenvalue weighted by Crippen LogP contribution is -2.42. The molecule has 0 unspecified atom stereocenters. The first-order valence-corrected chi connectivity index (χ1v) is 11.2. The third kappa shape index (κ3) is 5.61. The molecule has 1 amide bonds. The van der Waals surface area contributed by atoms with Crippen molar-refractivity contribution < 1.29 is 9.53 Å². The lowest BCUT2D eigenvalue weighted by Gasteiger charge is -2.26. The number of nitrogens with zero attached hydrogens (tertiary/aromatic N) is 3. The van der Waals surface area contributed by atoms with Gasteiger partial charge in [0.1, 0.15) is 5.56 Å². The molecule has 0 saturated carbocycles. The highest BCUT2D eigenvalue weighted by atomic mass is 16.5. The number of aromatic nitrogens is 1. The number of hydrogen-bond donors (Lipinski definition) is 1. The second-order valence-corrected chi connectivity index (χ2v) is 8.51. The van der Waals surface area contributed by atoms with E-state index in [4.69, 9.17) is 4.74 Å². The van der Waals surface area contributed by atoms with Crippen LogP contribution in [0.3, 0.4) is 0 Å². The predicted octanol–water partition coefficient (Wildman–Crippen LogP) is 1.49. The zero-order valence-corrected chi connectivity index (χ0v) is 18.3. The van der Waals surface area contributed by atoms with Gasteiger partial charge >= 0.3 is 0 Å². The Hall–Kier alpha value is -2.48. The minimum Gasteiger partial charge on any atom is -0.379 e. The number of aryl methyl sites for hydroxylation is 1. The molecule has 1 N–H and O–H groups in total. The normalized spacial score (nSPS) is 20.1. The van der Waals surface area contributed by atoms with E-state index in [2.05, 4.69) is 27.2 Å². The summed E-state index contributed by atoms with van der Waals surface area (Å²) in [5, 5.41) is 3.10. The van der Waals surface area contributed by atoms with Gasteiger partial charge in [-0.2, -0.15) is 0 Å². The van der Waals surface area contributed by atoms with E-state index in [1.807, 2.05) is 31.2 Å². The molecule has 7 nitrogen and oxygen atoms in total. The van der Waals surface area contributed by atoms with Crippen molar-refractivity contribution in [2.24, 2.45) is 0 Å². The highest BCUT2D eigenvalue weighted by Gasteiger charge is 2.26. The van der Waals surface area contributed by atoms with Crippen molar-refractivity contribution in [3.8, 4) is 0 Å². The van der Waals surface area contributed by atoms with Crippen LogP contribution in [0.1, 0.15) is 27.9 Å². The van der Waals surface area contributed by atoms with E-state index >= 15 is 0 Å². The van der Waals surface area contributed by atoms with Crippen molar-refractivity contribution in [3.63, 3.8) is 0 Å². The standard InChI is InChI=1S/C24H32N4O3/c1-19-7-10-28(12-11-26-13-15-31-16-14-26)24(30)22(19)23(29)25-21-8-9-27(18-21)17-20-5-3-2-4-6-20/h2-7,10,21H,8-9,11-18H2,1H3,(H,25,29)/t21-/m0/s1. The molecule has 2 saturated heterocycles. The summed E-state index contributed by atoms with van der Waals surface area (Å²) in [4.78, 5) is 30.7. The number of rotatable bonds is 7. The average molecular weight is 425 g/mol. The van der Waals surface area contributed by atoms with Gasteiger partial charge in [0, 0.05) is 58.1 Å². The van der Waals surface area contributed by atoms with Crippen molar-refractivity contribution in [3.05, 3.63) is 69.6 Å². The van der Waals surface area contributed by atoms with Gasteiger partial charge in [-0.1, -0.05) is 30.3 Å². The number of benzene rings is 1. The smallest absolute Gasteiger partial charge is 0.263 e. The Kier molecular flexibility index (Phi) is 7.17. The fourth-order valence-corrected chi connectivity index (χ4v) is 4.38. The summed E-state index contributed by atoms with van der Waals surface area (Å²) in [5.74, 6) is -0.255. The summed E-state index contributed by atoms with van der Waals surface area (Å²) >= 11 is 0. The van der Waals surface area contributed by atoms with Gasteiger partial charge < -0.3 is 14.6 Å². The monoisotopic (exact) mass is 424 g/mol. The van der Waals surface area contributed by atoms with Gasteiger partial charge in [-0.15, -0.1) is 0 Å². The van der Waals surface area contributed by atoms with Crippen molar-refractivity contribution in [1.29, 1.82) is 0 Å². The van der Waals surface area contributed by atoms with Crippen LogP contribution in [0, 0.1) is 6.92 Å². The van der Waals surface area contributed by atoms with Gasteiger partial charge in [0.15, 0.2) is 0 Å². The molecule has 2 aliphatic heterocycles. The van der Waals surface area contributed by atoms with Crippen molar-refractivity contribution >= 4 is 5.91 Å². The zero-order chi connectivity index (χ0) is 21.6. The molecule has 1 atom stereocenters. The molecule has 2 aliphatic rings. The lowest BCUT2D eigenvalue weighted by atomic mass is 10.1. The number of nitrogens with one attached hydrogen (secondary N) is 1. The molecule has 0 spiro atoms. The summed E-state index contributed by atoms with van der Waals surface area (Å²) in [6.07, 6.45) is 2.70. The largest absolute Gasteiger partial charge is 0.379 e. The number of amides is 1. The quantitative estimate of drug-likeness (QED) is 0.730. The van der Waals surface area contributed by atoms with E-state index < -0.39 is 0 Å². The highest BCUT2D eigenvalue weighted by Crippen LogP contribution is 2.14. The number of pyridine rings is 1. The molecule has 2 aromatic rings. The second-order valence-electron chi connectivity index (χ2n) is 8.51. The highest BCUT2D eigenvalue weighted by molar-refractivity contribution is 5.95. The van der Waals surface area contributed by atoms with Crippen LogP contribution < -0.4 is 10.9 Å². The SMILES string of the molecule is Cc1ccn(CCN2CCOCC2)c(=O)c1C(=O)N[C@H]1CCN(Cc2ccccc2)C1. The minimum atomic E-state index is -0.255. The first kappa shape index (κ1) is 21.7. The maximum Gasteiger partial charge on any atom is 0.263 e. The van der Waals surface area contributed by atoms with E-state index in [9.17, 15) is 9.59 Å². The van der Waals surface area contributed by atoms with E-state index in [1.165, 1.54) is 5.56 Å². The van der Waals surface area contributed by atoms with Crippen molar-refractivity contribution in [2.45, 2.75) is 32.5 Å². The third-order valence-corrected chi connectivity index (χ3v) is 6.22. The number of hydrogen-bond acceptors (Lipinski definition) is 5. The molecule has 2 fully saturated rings. The molecule has 0 radical (unpaired) electrons. The van der Waals surface area contributed by atoms with Crippen LogP contribution in [0.5, 0.6) is 0 Å². The maximum absolute atomic E-state index is 13.0. The fraction of sp³-hybridized carbons (Fsp3) is 0.500. The molecular weight excluding hydrogens is 392 g/mol. The van der Waals surface area contributed by atoms with Gasteiger partial charge in [-0.3, -0.25) is 19.4 Å². The number of carbonyl (C=O) groups is 1. The van der Waals surface area contributed by atoms with Crippen LogP contribution in [0.25, 0.3) is 0 Å². The Morgan fingerprint density at radius 3 is 2.61 bits per heavy atom. The molecule has 0 bridgehead atoms. The molecule has 1 aromatic heterocycles. The topological polar surface area (TPSA) is 66.8 Å². The summed E-state index contributed by atoms with van der Waals surface area (Å²) in [6.45, 7) is 9.06. The summed E-state index contributed by atoms with van der Waals surface area (Å²) in [6, 6.07) is 12.3. The Labute approximate surface area is 183 Å². The molecule has 7 heteroatoms. The Morgan fingerprint density at radius 2 is 1.84 bits per heavy atom. The van der Waals surface area contributed by atoms with Gasteiger partial charge in [0.05, 0.1) is 13.2 Å². The number of morpholine rings is 1. The van der Waals surface area contributed by atoms with Crippen LogP contribution in [0.15, 0.2) is 47.4 Å². The average Bonchev–Trinajstić information content (AvgIpc) is 3.21. The van der Waals surface area contributed by atoms with Gasteiger partial charge in [-0.05, 0) is 30.5 Å². The zero-order valence-electron chi connectivity index (χ0n) is 18.3. The first-order chi connectivity index (χ1) is 15.1. The Morgan fingerprint density at radius 1 is 1.06 bits per heavy atom. The number of carbonyl (C=O) groups excluding carboxylic acids is 1. The molecule has 4 rings (SSSR count). The van der Waals surface area contributed by atoms with Gasteiger partial charge in [-0.25, -0.2) is 0 Å². The number of likely N-dealkylation sites (tertiary alicyclic amines) is 1. The minimum absolute atomic E-state index is 0.0667. The lowest BCUT2D eigenvalue weighted by molar-refractivity contribution is 0.0362. The second kappa shape index (κ2) is 10.2. The van der Waals surface area contributed by atoms with E-state index in [0.29, 0.717) is 6.54 Å². The van der Waals surface area contributed by atoms with E-state index in [-0.39, 0.29) is 23.1 Å². The summed E-state index contributed by atoms with van der Waals surface area (Å²) < 4.78 is 7.04. The summed E-state index contributed by atoms with van der Waals surface area (Å²) in [5.41, 5.74) is 2.07. The van der Waals surface area contributed by atoms with Crippen molar-refractivity contribution in [1.82, 2.24) is 19.7 Å². The molecule has 3 heterocycles. The fourth-order valence-electron chi connectivity index (χ4n) is 4.38. The molecule has 166 valence electrons.